The number of nitrogens with one attached hydrogen (secondary N) is 2. The fraction of sp³-hybridized carbons (Fsp3) is 0.556. The third-order valence-corrected chi connectivity index (χ3v) is 7.30. The van der Waals surface area contributed by atoms with Crippen molar-refractivity contribution in [2.24, 2.45) is 21.1 Å². The molecule has 0 aliphatic heterocycles. The van der Waals surface area contributed by atoms with E-state index in [9.17, 15) is 14.9 Å². The normalized spacial score (nSPS) is 16.8. The molecule has 2 aromatic rings. The van der Waals surface area contributed by atoms with Crippen molar-refractivity contribution < 1.29 is 9.59 Å². The average molecular weight is 524 g/mol. The molecule has 0 saturated heterocycles. The number of anilines is 2. The van der Waals surface area contributed by atoms with E-state index in [4.69, 9.17) is 0 Å². The minimum atomic E-state index is -0.279. The topological polar surface area (TPSA) is 123 Å². The van der Waals surface area contributed by atoms with E-state index in [-0.39, 0.29) is 41.5 Å². The SMILES string of the molecule is Cc1nsc(N=Nc2ccc(N(C)C)cc2NC(=O)CCC(=O)NC2CC(C)(C)CC(C)(C)C2)c1C#N. The lowest BCUT2D eigenvalue weighted by atomic mass is 9.63. The first kappa shape index (κ1) is 28.3. The molecule has 1 fully saturated rings. The van der Waals surface area contributed by atoms with Crippen molar-refractivity contribution in [3.05, 3.63) is 29.5 Å². The van der Waals surface area contributed by atoms with Crippen LogP contribution in [0.3, 0.4) is 0 Å². The number of nitriles is 1. The van der Waals surface area contributed by atoms with Gasteiger partial charge in [0.05, 0.1) is 11.4 Å². The van der Waals surface area contributed by atoms with Gasteiger partial charge < -0.3 is 15.5 Å². The van der Waals surface area contributed by atoms with Crippen LogP contribution in [0.5, 0.6) is 0 Å². The van der Waals surface area contributed by atoms with Crippen LogP contribution in [0.2, 0.25) is 0 Å². The van der Waals surface area contributed by atoms with Gasteiger partial charge in [0.1, 0.15) is 17.3 Å². The van der Waals surface area contributed by atoms with Crippen LogP contribution in [0.15, 0.2) is 28.4 Å². The van der Waals surface area contributed by atoms with E-state index in [2.05, 4.69) is 59.0 Å². The van der Waals surface area contributed by atoms with E-state index < -0.39 is 0 Å². The molecule has 2 N–H and O–H groups in total. The number of aromatic nitrogens is 1. The second kappa shape index (κ2) is 11.4. The molecule has 1 aliphatic rings. The number of aryl methyl sites for hydroxylation is 1. The third-order valence-electron chi connectivity index (χ3n) is 6.48. The number of benzene rings is 1. The van der Waals surface area contributed by atoms with Gasteiger partial charge in [0.25, 0.3) is 0 Å². The Balaban J connectivity index is 1.66. The number of hydrogen-bond donors (Lipinski definition) is 2. The summed E-state index contributed by atoms with van der Waals surface area (Å²) in [5, 5.41) is 24.3. The molecule has 37 heavy (non-hydrogen) atoms. The monoisotopic (exact) mass is 523 g/mol. The van der Waals surface area contributed by atoms with Crippen molar-refractivity contribution in [2.75, 3.05) is 24.3 Å². The fourth-order valence-corrected chi connectivity index (χ4v) is 6.01. The zero-order valence-electron chi connectivity index (χ0n) is 22.8. The molecule has 0 atom stereocenters. The van der Waals surface area contributed by atoms with Crippen molar-refractivity contribution in [1.82, 2.24) is 9.69 Å². The number of rotatable bonds is 8. The molecule has 2 amide bonds. The van der Waals surface area contributed by atoms with Gasteiger partial charge in [-0.25, -0.2) is 0 Å². The molecule has 1 aromatic heterocycles. The van der Waals surface area contributed by atoms with E-state index >= 15 is 0 Å². The first-order chi connectivity index (χ1) is 17.3. The van der Waals surface area contributed by atoms with E-state index in [0.29, 0.717) is 27.6 Å². The van der Waals surface area contributed by atoms with Crippen LogP contribution in [0.4, 0.5) is 22.1 Å². The molecule has 1 saturated carbocycles. The minimum absolute atomic E-state index is 0.0563. The van der Waals surface area contributed by atoms with Crippen molar-refractivity contribution >= 4 is 45.4 Å². The molecule has 0 bridgehead atoms. The highest BCUT2D eigenvalue weighted by Gasteiger charge is 2.38. The smallest absolute Gasteiger partial charge is 0.224 e. The molecule has 10 heteroatoms. The molecule has 0 unspecified atom stereocenters. The summed E-state index contributed by atoms with van der Waals surface area (Å²) in [7, 11) is 3.80. The Morgan fingerprint density at radius 1 is 1.14 bits per heavy atom. The summed E-state index contributed by atoms with van der Waals surface area (Å²) >= 11 is 1.10. The molecular formula is C27H37N7O2S. The number of nitrogens with zero attached hydrogens (tertiary/aromatic N) is 5. The number of amides is 2. The highest BCUT2D eigenvalue weighted by Crippen LogP contribution is 2.45. The zero-order chi connectivity index (χ0) is 27.4. The molecule has 198 valence electrons. The second-order valence-electron chi connectivity index (χ2n) is 11.6. The second-order valence-corrected chi connectivity index (χ2v) is 12.3. The molecule has 3 rings (SSSR count). The highest BCUT2D eigenvalue weighted by atomic mass is 32.1. The van der Waals surface area contributed by atoms with Crippen molar-refractivity contribution in [3.8, 4) is 6.07 Å². The van der Waals surface area contributed by atoms with Gasteiger partial charge in [-0.15, -0.1) is 10.2 Å². The molecule has 9 nitrogen and oxygen atoms in total. The van der Waals surface area contributed by atoms with Gasteiger partial charge in [0.2, 0.25) is 11.8 Å². The molecule has 0 radical (unpaired) electrons. The van der Waals surface area contributed by atoms with E-state index in [1.807, 2.05) is 31.1 Å². The van der Waals surface area contributed by atoms with Crippen molar-refractivity contribution in [3.63, 3.8) is 0 Å². The molecule has 1 heterocycles. The van der Waals surface area contributed by atoms with Crippen LogP contribution in [-0.4, -0.2) is 36.3 Å². The zero-order valence-corrected chi connectivity index (χ0v) is 23.6. The largest absolute Gasteiger partial charge is 0.378 e. The summed E-state index contributed by atoms with van der Waals surface area (Å²) in [6.45, 7) is 10.7. The van der Waals surface area contributed by atoms with Gasteiger partial charge in [-0.3, -0.25) is 9.59 Å². The Kier molecular flexibility index (Phi) is 8.69. The van der Waals surface area contributed by atoms with Crippen LogP contribution in [0, 0.1) is 29.1 Å². The number of carbonyl (C=O) groups excluding carboxylic acids is 2. The Morgan fingerprint density at radius 2 is 1.78 bits per heavy atom. The Hall–Kier alpha value is -3.32. The van der Waals surface area contributed by atoms with Gasteiger partial charge in [0.15, 0.2) is 5.00 Å². The van der Waals surface area contributed by atoms with Crippen LogP contribution >= 0.6 is 11.5 Å². The van der Waals surface area contributed by atoms with Crippen LogP contribution in [0.25, 0.3) is 0 Å². The standard InChI is InChI=1S/C27H37N7O2S/c1-17-20(15-28)25(37-33-17)32-31-21-9-8-19(34(6)7)12-22(21)30-24(36)11-10-23(35)29-18-13-26(2,3)16-27(4,5)14-18/h8-9,12,18H,10-11,13-14,16H2,1-7H3,(H,29,35)(H,30,36). The summed E-state index contributed by atoms with van der Waals surface area (Å²) in [5.74, 6) is -0.390. The molecule has 1 aliphatic carbocycles. The first-order valence-corrected chi connectivity index (χ1v) is 13.2. The maximum Gasteiger partial charge on any atom is 0.224 e. The van der Waals surface area contributed by atoms with Gasteiger partial charge >= 0.3 is 0 Å². The summed E-state index contributed by atoms with van der Waals surface area (Å²) in [5.41, 5.74) is 3.15. The summed E-state index contributed by atoms with van der Waals surface area (Å²) < 4.78 is 4.16. The quantitative estimate of drug-likeness (QED) is 0.396. The van der Waals surface area contributed by atoms with Gasteiger partial charge in [-0.1, -0.05) is 27.7 Å². The first-order valence-electron chi connectivity index (χ1n) is 12.5. The summed E-state index contributed by atoms with van der Waals surface area (Å²) in [6.07, 6.45) is 3.17. The lowest BCUT2D eigenvalue weighted by molar-refractivity contribution is -0.125. The Morgan fingerprint density at radius 3 is 2.41 bits per heavy atom. The van der Waals surface area contributed by atoms with Gasteiger partial charge in [-0.2, -0.15) is 9.64 Å². The van der Waals surface area contributed by atoms with Crippen LogP contribution < -0.4 is 15.5 Å². The Bertz CT molecular complexity index is 1210. The third kappa shape index (κ3) is 7.83. The predicted octanol–water partition coefficient (Wildman–Crippen LogP) is 6.24. The molecule has 1 aromatic carbocycles. The average Bonchev–Trinajstić information content (AvgIpc) is 3.13. The van der Waals surface area contributed by atoms with Crippen molar-refractivity contribution in [2.45, 2.75) is 72.8 Å². The lowest BCUT2D eigenvalue weighted by Crippen LogP contribution is -2.46. The lowest BCUT2D eigenvalue weighted by Gasteiger charge is -2.45. The Labute approximate surface area is 223 Å². The fourth-order valence-electron chi connectivity index (χ4n) is 5.33. The van der Waals surface area contributed by atoms with Crippen LogP contribution in [-0.2, 0) is 9.59 Å². The van der Waals surface area contributed by atoms with Gasteiger partial charge in [-0.05, 0) is 66.7 Å². The van der Waals surface area contributed by atoms with E-state index in [1.165, 1.54) is 0 Å². The van der Waals surface area contributed by atoms with Crippen molar-refractivity contribution in [1.29, 1.82) is 5.26 Å². The van der Waals surface area contributed by atoms with E-state index in [1.54, 1.807) is 13.0 Å². The number of carbonyl (C=O) groups is 2. The minimum Gasteiger partial charge on any atom is -0.378 e. The summed E-state index contributed by atoms with van der Waals surface area (Å²) in [4.78, 5) is 27.4. The van der Waals surface area contributed by atoms with Gasteiger partial charge in [0, 0.05) is 38.7 Å². The number of hydrogen-bond acceptors (Lipinski definition) is 8. The van der Waals surface area contributed by atoms with Crippen LogP contribution in [0.1, 0.15) is 71.1 Å². The highest BCUT2D eigenvalue weighted by molar-refractivity contribution is 7.10. The maximum atomic E-state index is 12.8. The maximum absolute atomic E-state index is 12.8. The summed E-state index contributed by atoms with van der Waals surface area (Å²) in [6, 6.07) is 7.65. The van der Waals surface area contributed by atoms with E-state index in [0.717, 1.165) is 36.5 Å². The molecule has 0 spiro atoms. The predicted molar refractivity (Wildman–Crippen MR) is 148 cm³/mol. The number of azo groups is 1. The molecular weight excluding hydrogens is 486 g/mol.